The minimum absolute atomic E-state index is 0.118. The zero-order chi connectivity index (χ0) is 12.6. The second kappa shape index (κ2) is 4.36. The molecule has 0 amide bonds. The van der Waals surface area contributed by atoms with Gasteiger partial charge in [0, 0.05) is 4.90 Å². The maximum atomic E-state index is 11.8. The van der Waals surface area contributed by atoms with Crippen LogP contribution in [0.2, 0.25) is 19.6 Å². The Labute approximate surface area is 108 Å². The van der Waals surface area contributed by atoms with Gasteiger partial charge in [0.1, 0.15) is 0 Å². The molecule has 0 bridgehead atoms. The Morgan fingerprint density at radius 2 is 2.12 bits per heavy atom. The molecule has 88 valence electrons. The van der Waals surface area contributed by atoms with Crippen molar-refractivity contribution in [1.82, 2.24) is 0 Å². The van der Waals surface area contributed by atoms with Crippen LogP contribution >= 0.6 is 11.8 Å². The lowest BCUT2D eigenvalue weighted by Gasteiger charge is -2.23. The van der Waals surface area contributed by atoms with E-state index in [1.807, 2.05) is 0 Å². The van der Waals surface area contributed by atoms with Gasteiger partial charge < -0.3 is 0 Å². The van der Waals surface area contributed by atoms with Crippen LogP contribution in [0.4, 0.5) is 0 Å². The first kappa shape index (κ1) is 12.5. The predicted molar refractivity (Wildman–Crippen MR) is 76.3 cm³/mol. The molecule has 1 aliphatic heterocycles. The molecule has 1 aliphatic rings. The summed E-state index contributed by atoms with van der Waals surface area (Å²) >= 11 is 1.32. The van der Waals surface area contributed by atoms with Crippen molar-refractivity contribution in [2.75, 3.05) is 0 Å². The summed E-state index contributed by atoms with van der Waals surface area (Å²) in [6, 6.07) is 6.54. The van der Waals surface area contributed by atoms with E-state index in [0.717, 1.165) is 4.90 Å². The summed E-state index contributed by atoms with van der Waals surface area (Å²) in [5.74, 6) is 2.33. The molecule has 1 unspecified atom stereocenters. The van der Waals surface area contributed by atoms with Gasteiger partial charge in [-0.1, -0.05) is 54.6 Å². The number of fused-ring (bicyclic) bond motifs is 1. The van der Waals surface area contributed by atoms with E-state index in [1.165, 1.54) is 22.5 Å². The number of rotatable bonds is 1. The van der Waals surface area contributed by atoms with Crippen LogP contribution in [-0.2, 0) is 11.2 Å². The van der Waals surface area contributed by atoms with Crippen molar-refractivity contribution in [3.63, 3.8) is 0 Å². The van der Waals surface area contributed by atoms with Gasteiger partial charge in [-0.2, -0.15) is 0 Å². The Hall–Kier alpha value is -0.983. The summed E-state index contributed by atoms with van der Waals surface area (Å²) < 4.78 is 0. The standard InChI is InChI=1S/C14H16OSSi/c1-5-10-8-11-6-7-12(17(2,3)4)9-13(11)16-14(10)15/h1,6-7,9-10H,8H2,2-4H3. The zero-order valence-electron chi connectivity index (χ0n) is 10.4. The number of hydrogen-bond acceptors (Lipinski definition) is 2. The maximum Gasteiger partial charge on any atom is 0.208 e. The number of carbonyl (C=O) groups excluding carboxylic acids is 1. The van der Waals surface area contributed by atoms with Gasteiger partial charge in [0.15, 0.2) is 0 Å². The second-order valence-corrected chi connectivity index (χ2v) is 11.5. The van der Waals surface area contributed by atoms with E-state index in [1.54, 1.807) is 0 Å². The van der Waals surface area contributed by atoms with Crippen molar-refractivity contribution in [3.05, 3.63) is 23.8 Å². The van der Waals surface area contributed by atoms with Crippen molar-refractivity contribution < 1.29 is 4.79 Å². The van der Waals surface area contributed by atoms with Crippen molar-refractivity contribution in [1.29, 1.82) is 0 Å². The third kappa shape index (κ3) is 2.48. The van der Waals surface area contributed by atoms with Crippen molar-refractivity contribution in [2.24, 2.45) is 5.92 Å². The first-order valence-corrected chi connectivity index (χ1v) is 10.0. The Kier molecular flexibility index (Phi) is 3.20. The molecular weight excluding hydrogens is 244 g/mol. The summed E-state index contributed by atoms with van der Waals surface area (Å²) in [4.78, 5) is 12.9. The zero-order valence-corrected chi connectivity index (χ0v) is 12.2. The fraction of sp³-hybridized carbons (Fsp3) is 0.357. The van der Waals surface area contributed by atoms with Crippen molar-refractivity contribution >= 4 is 30.1 Å². The Bertz CT molecular complexity index is 508. The summed E-state index contributed by atoms with van der Waals surface area (Å²) in [6.07, 6.45) is 6.07. The first-order valence-electron chi connectivity index (χ1n) is 5.73. The topological polar surface area (TPSA) is 17.1 Å². The van der Waals surface area contributed by atoms with Gasteiger partial charge in [-0.15, -0.1) is 6.42 Å². The molecule has 1 heterocycles. The monoisotopic (exact) mass is 260 g/mol. The van der Waals surface area contributed by atoms with Crippen LogP contribution in [0.1, 0.15) is 5.56 Å². The molecule has 0 saturated carbocycles. The normalized spacial score (nSPS) is 19.6. The Morgan fingerprint density at radius 1 is 1.41 bits per heavy atom. The molecule has 0 aromatic heterocycles. The smallest absolute Gasteiger partial charge is 0.208 e. The maximum absolute atomic E-state index is 11.8. The molecule has 1 aromatic carbocycles. The molecule has 0 saturated heterocycles. The van der Waals surface area contributed by atoms with Crippen LogP contribution in [0, 0.1) is 18.3 Å². The van der Waals surface area contributed by atoms with Crippen LogP contribution in [-0.4, -0.2) is 13.2 Å². The number of hydrogen-bond donors (Lipinski definition) is 0. The van der Waals surface area contributed by atoms with Crippen LogP contribution in [0.5, 0.6) is 0 Å². The van der Waals surface area contributed by atoms with Gasteiger partial charge in [0.2, 0.25) is 5.12 Å². The van der Waals surface area contributed by atoms with Crippen molar-refractivity contribution in [3.8, 4) is 12.3 Å². The van der Waals surface area contributed by atoms with E-state index in [0.29, 0.717) is 6.42 Å². The van der Waals surface area contributed by atoms with Crippen molar-refractivity contribution in [2.45, 2.75) is 31.0 Å². The fourth-order valence-corrected chi connectivity index (χ4v) is 4.14. The highest BCUT2D eigenvalue weighted by molar-refractivity contribution is 8.13. The summed E-state index contributed by atoms with van der Waals surface area (Å²) in [5, 5.41) is 1.52. The highest BCUT2D eigenvalue weighted by Crippen LogP contribution is 2.33. The molecule has 1 aromatic rings. The lowest BCUT2D eigenvalue weighted by atomic mass is 10.0. The van der Waals surface area contributed by atoms with Gasteiger partial charge in [-0.05, 0) is 18.1 Å². The molecule has 2 rings (SSSR count). The van der Waals surface area contributed by atoms with Gasteiger partial charge in [0.25, 0.3) is 0 Å². The SMILES string of the molecule is C#CC1Cc2ccc([Si](C)(C)C)cc2SC1=O. The summed E-state index contributed by atoms with van der Waals surface area (Å²) in [7, 11) is -1.30. The molecule has 0 aliphatic carbocycles. The molecular formula is C14H16OSSi. The molecule has 1 atom stereocenters. The molecule has 1 nitrogen and oxygen atoms in total. The molecule has 0 radical (unpaired) electrons. The van der Waals surface area contributed by atoms with Gasteiger partial charge in [-0.25, -0.2) is 0 Å². The van der Waals surface area contributed by atoms with E-state index >= 15 is 0 Å². The van der Waals surface area contributed by atoms with Crippen LogP contribution in [0.3, 0.4) is 0 Å². The quantitative estimate of drug-likeness (QED) is 0.570. The summed E-state index contributed by atoms with van der Waals surface area (Å²) in [6.45, 7) is 6.94. The van der Waals surface area contributed by atoms with Gasteiger partial charge in [-0.3, -0.25) is 4.79 Å². The third-order valence-corrected chi connectivity index (χ3v) is 6.18. The Morgan fingerprint density at radius 3 is 2.71 bits per heavy atom. The lowest BCUT2D eigenvalue weighted by molar-refractivity contribution is -0.113. The number of terminal acetylenes is 1. The van der Waals surface area contributed by atoms with Gasteiger partial charge in [0.05, 0.1) is 14.0 Å². The minimum atomic E-state index is -1.30. The number of thioether (sulfide) groups is 1. The van der Waals surface area contributed by atoms with Crippen LogP contribution < -0.4 is 5.19 Å². The van der Waals surface area contributed by atoms with E-state index in [2.05, 4.69) is 43.8 Å². The molecule has 3 heteroatoms. The second-order valence-electron chi connectivity index (χ2n) is 5.42. The molecule has 17 heavy (non-hydrogen) atoms. The minimum Gasteiger partial charge on any atom is -0.285 e. The molecule has 0 fully saturated rings. The highest BCUT2D eigenvalue weighted by Gasteiger charge is 2.27. The van der Waals surface area contributed by atoms with Gasteiger partial charge >= 0.3 is 0 Å². The molecule has 0 spiro atoms. The largest absolute Gasteiger partial charge is 0.285 e. The van der Waals surface area contributed by atoms with Crippen LogP contribution in [0.25, 0.3) is 0 Å². The van der Waals surface area contributed by atoms with E-state index in [4.69, 9.17) is 6.42 Å². The third-order valence-electron chi connectivity index (χ3n) is 3.05. The number of carbonyl (C=O) groups is 1. The molecule has 0 N–H and O–H groups in total. The van der Waals surface area contributed by atoms with E-state index in [9.17, 15) is 4.79 Å². The average molecular weight is 260 g/mol. The Balaban J connectivity index is 2.40. The van der Waals surface area contributed by atoms with Crippen LogP contribution in [0.15, 0.2) is 23.1 Å². The predicted octanol–water partition coefficient (Wildman–Crippen LogP) is 2.66. The highest BCUT2D eigenvalue weighted by atomic mass is 32.2. The lowest BCUT2D eigenvalue weighted by Crippen LogP contribution is -2.38. The average Bonchev–Trinajstić information content (AvgIpc) is 2.26. The van der Waals surface area contributed by atoms with E-state index in [-0.39, 0.29) is 11.0 Å². The van der Waals surface area contributed by atoms with E-state index < -0.39 is 8.07 Å². The summed E-state index contributed by atoms with van der Waals surface area (Å²) in [5.41, 5.74) is 1.22. The number of benzene rings is 1. The first-order chi connectivity index (χ1) is 7.91. The fourth-order valence-electron chi connectivity index (χ4n) is 1.89.